The summed E-state index contributed by atoms with van der Waals surface area (Å²) in [6, 6.07) is -0.00106. The van der Waals surface area contributed by atoms with Gasteiger partial charge in [-0.15, -0.1) is 0 Å². The molecule has 2 rings (SSSR count). The van der Waals surface area contributed by atoms with Gasteiger partial charge in [-0.3, -0.25) is 4.79 Å². The number of carbonyl (C=O) groups excluding carboxylic acids is 2. The number of hydrogen-bond acceptors (Lipinski definition) is 2. The molecule has 1 aliphatic carbocycles. The maximum absolute atomic E-state index is 13.1. The van der Waals surface area contributed by atoms with Gasteiger partial charge < -0.3 is 15.1 Å². The van der Waals surface area contributed by atoms with E-state index in [1.807, 2.05) is 0 Å². The number of nitrogens with one attached hydrogen (secondary N) is 1. The molecule has 1 saturated carbocycles. The van der Waals surface area contributed by atoms with Crippen molar-refractivity contribution in [1.82, 2.24) is 15.1 Å². The van der Waals surface area contributed by atoms with E-state index in [4.69, 9.17) is 0 Å². The summed E-state index contributed by atoms with van der Waals surface area (Å²) in [6.45, 7) is 1.23. The fourth-order valence-corrected chi connectivity index (χ4v) is 2.99. The Morgan fingerprint density at radius 2 is 1.80 bits per heavy atom. The number of piperidine rings is 1. The second-order valence-corrected chi connectivity index (χ2v) is 6.05. The van der Waals surface area contributed by atoms with E-state index in [0.717, 1.165) is 6.42 Å². The number of alkyl halides is 1. The highest BCUT2D eigenvalue weighted by molar-refractivity contribution is 5.80. The zero-order valence-corrected chi connectivity index (χ0v) is 12.3. The summed E-state index contributed by atoms with van der Waals surface area (Å²) in [5.41, 5.74) is 0. The average molecular weight is 285 g/mol. The fourth-order valence-electron chi connectivity index (χ4n) is 2.99. The van der Waals surface area contributed by atoms with Crippen LogP contribution in [0.15, 0.2) is 0 Å². The van der Waals surface area contributed by atoms with Crippen molar-refractivity contribution in [2.24, 2.45) is 5.92 Å². The molecule has 1 aliphatic heterocycles. The van der Waals surface area contributed by atoms with Crippen LogP contribution in [-0.2, 0) is 4.79 Å². The Bertz CT molecular complexity index is 367. The Morgan fingerprint density at radius 3 is 2.30 bits per heavy atom. The molecule has 6 heteroatoms. The Hall–Kier alpha value is -1.33. The van der Waals surface area contributed by atoms with Crippen LogP contribution >= 0.6 is 0 Å². The zero-order chi connectivity index (χ0) is 14.7. The molecule has 3 amide bonds. The molecule has 1 N–H and O–H groups in total. The van der Waals surface area contributed by atoms with Crippen LogP contribution in [0.25, 0.3) is 0 Å². The van der Waals surface area contributed by atoms with Gasteiger partial charge in [0.05, 0.1) is 0 Å². The molecule has 0 aromatic rings. The highest BCUT2D eigenvalue weighted by Crippen LogP contribution is 2.24. The van der Waals surface area contributed by atoms with Crippen molar-refractivity contribution in [2.45, 2.75) is 44.3 Å². The highest BCUT2D eigenvalue weighted by Gasteiger charge is 2.31. The summed E-state index contributed by atoms with van der Waals surface area (Å²) < 4.78 is 13.1. The molecule has 1 heterocycles. The lowest BCUT2D eigenvalue weighted by Gasteiger charge is -2.33. The third kappa shape index (κ3) is 3.61. The van der Waals surface area contributed by atoms with Gasteiger partial charge >= 0.3 is 6.03 Å². The number of likely N-dealkylation sites (tertiary alicyclic amines) is 1. The smallest absolute Gasteiger partial charge is 0.319 e. The van der Waals surface area contributed by atoms with Crippen LogP contribution in [-0.4, -0.2) is 61.1 Å². The molecule has 2 unspecified atom stereocenters. The first kappa shape index (κ1) is 15.1. The number of amides is 3. The molecule has 2 aliphatic rings. The van der Waals surface area contributed by atoms with Gasteiger partial charge in [0.25, 0.3) is 0 Å². The molecule has 2 atom stereocenters. The molecular formula is C14H24FN3O2. The molecule has 5 nitrogen and oxygen atoms in total. The molecule has 0 bridgehead atoms. The monoisotopic (exact) mass is 285 g/mol. The van der Waals surface area contributed by atoms with Crippen LogP contribution in [0.2, 0.25) is 0 Å². The van der Waals surface area contributed by atoms with Crippen LogP contribution in [0, 0.1) is 5.92 Å². The molecule has 0 aromatic heterocycles. The first-order valence-electron chi connectivity index (χ1n) is 7.38. The summed E-state index contributed by atoms with van der Waals surface area (Å²) in [6.07, 6.45) is 2.36. The van der Waals surface area contributed by atoms with E-state index in [9.17, 15) is 14.0 Å². The molecule has 114 valence electrons. The normalized spacial score (nSPS) is 27.4. The molecular weight excluding hydrogens is 261 g/mol. The minimum absolute atomic E-state index is 0.0000721. The first-order chi connectivity index (χ1) is 9.47. The third-order valence-corrected chi connectivity index (χ3v) is 4.23. The van der Waals surface area contributed by atoms with Crippen LogP contribution in [0.4, 0.5) is 9.18 Å². The first-order valence-corrected chi connectivity index (χ1v) is 7.38. The van der Waals surface area contributed by atoms with Crippen molar-refractivity contribution in [3.63, 3.8) is 0 Å². The lowest BCUT2D eigenvalue weighted by molar-refractivity contribution is -0.127. The number of nitrogens with zero attached hydrogens (tertiary/aromatic N) is 2. The molecule has 0 radical (unpaired) electrons. The number of urea groups is 1. The Morgan fingerprint density at radius 1 is 1.15 bits per heavy atom. The number of halogens is 1. The fraction of sp³-hybridized carbons (Fsp3) is 0.857. The zero-order valence-electron chi connectivity index (χ0n) is 12.3. The van der Waals surface area contributed by atoms with E-state index < -0.39 is 6.17 Å². The average Bonchev–Trinajstić information content (AvgIpc) is 2.83. The SMILES string of the molecule is CN(C)C(=O)N1CCC(C(=O)NC2CCC(F)C2)CC1. The number of rotatable bonds is 2. The quantitative estimate of drug-likeness (QED) is 0.833. The van der Waals surface area contributed by atoms with Gasteiger partial charge in [-0.1, -0.05) is 0 Å². The van der Waals surface area contributed by atoms with E-state index in [1.54, 1.807) is 23.9 Å². The van der Waals surface area contributed by atoms with E-state index in [0.29, 0.717) is 38.8 Å². The van der Waals surface area contributed by atoms with Crippen LogP contribution in [0.1, 0.15) is 32.1 Å². The second-order valence-electron chi connectivity index (χ2n) is 6.05. The minimum atomic E-state index is -0.764. The predicted molar refractivity (Wildman–Crippen MR) is 74.1 cm³/mol. The van der Waals surface area contributed by atoms with E-state index >= 15 is 0 Å². The Balaban J connectivity index is 1.76. The Kier molecular flexibility index (Phi) is 4.83. The summed E-state index contributed by atoms with van der Waals surface area (Å²) in [4.78, 5) is 27.3. The van der Waals surface area contributed by atoms with Crippen molar-refractivity contribution >= 4 is 11.9 Å². The maximum Gasteiger partial charge on any atom is 0.319 e. The van der Waals surface area contributed by atoms with E-state index in [-0.39, 0.29) is 23.9 Å². The summed E-state index contributed by atoms with van der Waals surface area (Å²) >= 11 is 0. The molecule has 0 aromatic carbocycles. The topological polar surface area (TPSA) is 52.7 Å². The summed E-state index contributed by atoms with van der Waals surface area (Å²) in [5, 5.41) is 2.95. The van der Waals surface area contributed by atoms with E-state index in [1.165, 1.54) is 0 Å². The number of carbonyl (C=O) groups is 2. The van der Waals surface area contributed by atoms with Crippen molar-refractivity contribution < 1.29 is 14.0 Å². The Labute approximate surface area is 119 Å². The van der Waals surface area contributed by atoms with Crippen LogP contribution < -0.4 is 5.32 Å². The largest absolute Gasteiger partial charge is 0.353 e. The van der Waals surface area contributed by atoms with Crippen molar-refractivity contribution in [3.05, 3.63) is 0 Å². The second kappa shape index (κ2) is 6.41. The van der Waals surface area contributed by atoms with E-state index in [2.05, 4.69) is 5.32 Å². The predicted octanol–water partition coefficient (Wildman–Crippen LogP) is 1.39. The van der Waals surface area contributed by atoms with Gasteiger partial charge in [0.15, 0.2) is 0 Å². The highest BCUT2D eigenvalue weighted by atomic mass is 19.1. The van der Waals surface area contributed by atoms with Gasteiger partial charge in [0.1, 0.15) is 6.17 Å². The van der Waals surface area contributed by atoms with Gasteiger partial charge in [-0.2, -0.15) is 0 Å². The van der Waals surface area contributed by atoms with Gasteiger partial charge in [-0.05, 0) is 32.1 Å². The standard InChI is InChI=1S/C14H24FN3O2/c1-17(2)14(20)18-7-5-10(6-8-18)13(19)16-12-4-3-11(15)9-12/h10-12H,3-9H2,1-2H3,(H,16,19). The van der Waals surface area contributed by atoms with Crippen LogP contribution in [0.3, 0.4) is 0 Å². The summed E-state index contributed by atoms with van der Waals surface area (Å²) in [7, 11) is 3.46. The molecule has 20 heavy (non-hydrogen) atoms. The van der Waals surface area contributed by atoms with Crippen molar-refractivity contribution in [3.8, 4) is 0 Å². The molecule has 2 fully saturated rings. The lowest BCUT2D eigenvalue weighted by atomic mass is 9.95. The van der Waals surface area contributed by atoms with Crippen LogP contribution in [0.5, 0.6) is 0 Å². The van der Waals surface area contributed by atoms with Crippen molar-refractivity contribution in [1.29, 1.82) is 0 Å². The van der Waals surface area contributed by atoms with Gasteiger partial charge in [0, 0.05) is 39.1 Å². The molecule has 0 spiro atoms. The van der Waals surface area contributed by atoms with Crippen molar-refractivity contribution in [2.75, 3.05) is 27.2 Å². The van der Waals surface area contributed by atoms with Gasteiger partial charge in [-0.25, -0.2) is 9.18 Å². The third-order valence-electron chi connectivity index (χ3n) is 4.23. The molecule has 1 saturated heterocycles. The number of hydrogen-bond donors (Lipinski definition) is 1. The maximum atomic E-state index is 13.1. The lowest BCUT2D eigenvalue weighted by Crippen LogP contribution is -2.47. The summed E-state index contributed by atoms with van der Waals surface area (Å²) in [5.74, 6) is -0.0130. The van der Waals surface area contributed by atoms with Gasteiger partial charge in [0.2, 0.25) is 5.91 Å². The minimum Gasteiger partial charge on any atom is -0.353 e.